The van der Waals surface area contributed by atoms with Gasteiger partial charge in [0.15, 0.2) is 0 Å². The van der Waals surface area contributed by atoms with Crippen molar-refractivity contribution >= 4 is 22.5 Å². The van der Waals surface area contributed by atoms with Gasteiger partial charge in [-0.25, -0.2) is 4.98 Å². The first-order valence-corrected chi connectivity index (χ1v) is 9.44. The van der Waals surface area contributed by atoms with Crippen molar-refractivity contribution in [1.82, 2.24) is 9.66 Å². The van der Waals surface area contributed by atoms with Crippen LogP contribution in [0, 0.1) is 6.92 Å². The predicted molar refractivity (Wildman–Crippen MR) is 114 cm³/mol. The van der Waals surface area contributed by atoms with Crippen LogP contribution in [-0.2, 0) is 0 Å². The SMILES string of the molecule is COc1ccc(C2Nn3c(nc4ccccc4c3=O)N2c2ccc(C)cc2)cc1. The standard InChI is InChI=1S/C23H20N4O2/c1-15-7-11-17(12-8-15)26-21(16-9-13-18(29-2)14-10-16)25-27-22(28)19-5-3-4-6-20(19)24-23(26)27/h3-14,21,25H,1-2H3. The molecule has 0 amide bonds. The topological polar surface area (TPSA) is 59.4 Å². The lowest BCUT2D eigenvalue weighted by molar-refractivity contribution is 0.414. The number of ether oxygens (including phenoxy) is 1. The minimum Gasteiger partial charge on any atom is -0.497 e. The van der Waals surface area contributed by atoms with Crippen molar-refractivity contribution in [2.24, 2.45) is 0 Å². The van der Waals surface area contributed by atoms with Crippen LogP contribution in [0.4, 0.5) is 11.6 Å². The number of fused-ring (bicyclic) bond motifs is 2. The zero-order valence-electron chi connectivity index (χ0n) is 16.2. The highest BCUT2D eigenvalue weighted by Gasteiger charge is 2.34. The molecule has 6 nitrogen and oxygen atoms in total. The van der Waals surface area contributed by atoms with E-state index in [1.807, 2.05) is 54.6 Å². The van der Waals surface area contributed by atoms with Gasteiger partial charge in [-0.2, -0.15) is 4.68 Å². The molecule has 0 saturated heterocycles. The molecule has 144 valence electrons. The summed E-state index contributed by atoms with van der Waals surface area (Å²) >= 11 is 0. The Morgan fingerprint density at radius 2 is 1.69 bits per heavy atom. The molecule has 1 atom stereocenters. The van der Waals surface area contributed by atoms with Crippen LogP contribution in [0.25, 0.3) is 10.9 Å². The average Bonchev–Trinajstić information content (AvgIpc) is 3.14. The van der Waals surface area contributed by atoms with E-state index in [4.69, 9.17) is 9.72 Å². The molecule has 1 N–H and O–H groups in total. The van der Waals surface area contributed by atoms with Crippen LogP contribution in [0.3, 0.4) is 0 Å². The fourth-order valence-electron chi connectivity index (χ4n) is 3.67. The number of anilines is 2. The van der Waals surface area contributed by atoms with Crippen LogP contribution in [0.2, 0.25) is 0 Å². The van der Waals surface area contributed by atoms with Crippen molar-refractivity contribution in [3.63, 3.8) is 0 Å². The molecule has 1 unspecified atom stereocenters. The summed E-state index contributed by atoms with van der Waals surface area (Å²) in [6.07, 6.45) is -0.277. The van der Waals surface area contributed by atoms with E-state index in [9.17, 15) is 4.79 Å². The van der Waals surface area contributed by atoms with Crippen molar-refractivity contribution in [1.29, 1.82) is 0 Å². The van der Waals surface area contributed by atoms with Crippen LogP contribution in [0.15, 0.2) is 77.6 Å². The van der Waals surface area contributed by atoms with Crippen molar-refractivity contribution in [2.45, 2.75) is 13.1 Å². The Morgan fingerprint density at radius 3 is 2.41 bits per heavy atom. The van der Waals surface area contributed by atoms with Gasteiger partial charge in [-0.05, 0) is 48.9 Å². The first kappa shape index (κ1) is 17.3. The van der Waals surface area contributed by atoms with E-state index in [-0.39, 0.29) is 11.7 Å². The summed E-state index contributed by atoms with van der Waals surface area (Å²) < 4.78 is 6.83. The fourth-order valence-corrected chi connectivity index (χ4v) is 3.67. The van der Waals surface area contributed by atoms with Crippen LogP contribution in [-0.4, -0.2) is 16.8 Å². The molecule has 0 aliphatic carbocycles. The van der Waals surface area contributed by atoms with Gasteiger partial charge in [-0.1, -0.05) is 42.0 Å². The number of aryl methyl sites for hydroxylation is 1. The summed E-state index contributed by atoms with van der Waals surface area (Å²) in [6.45, 7) is 2.05. The van der Waals surface area contributed by atoms with E-state index >= 15 is 0 Å². The molecule has 1 aliphatic heterocycles. The monoisotopic (exact) mass is 384 g/mol. The van der Waals surface area contributed by atoms with Gasteiger partial charge in [0, 0.05) is 5.69 Å². The summed E-state index contributed by atoms with van der Waals surface area (Å²) in [4.78, 5) is 20.0. The Labute approximate surface area is 168 Å². The van der Waals surface area contributed by atoms with Crippen LogP contribution >= 0.6 is 0 Å². The predicted octanol–water partition coefficient (Wildman–Crippen LogP) is 4.11. The van der Waals surface area contributed by atoms with E-state index in [1.54, 1.807) is 13.2 Å². The summed E-state index contributed by atoms with van der Waals surface area (Å²) in [7, 11) is 1.65. The molecule has 3 aromatic carbocycles. The fraction of sp³-hybridized carbons (Fsp3) is 0.130. The molecular formula is C23H20N4O2. The highest BCUT2D eigenvalue weighted by molar-refractivity contribution is 5.80. The molecule has 1 aromatic heterocycles. The van der Waals surface area contributed by atoms with Gasteiger partial charge in [0.2, 0.25) is 5.95 Å². The van der Waals surface area contributed by atoms with E-state index in [0.717, 1.165) is 17.0 Å². The van der Waals surface area contributed by atoms with Gasteiger partial charge >= 0.3 is 0 Å². The maximum atomic E-state index is 13.1. The number of para-hydroxylation sites is 1. The van der Waals surface area contributed by atoms with E-state index in [1.165, 1.54) is 10.2 Å². The molecular weight excluding hydrogens is 364 g/mol. The molecule has 6 heteroatoms. The molecule has 29 heavy (non-hydrogen) atoms. The summed E-state index contributed by atoms with van der Waals surface area (Å²) in [6, 6.07) is 23.4. The highest BCUT2D eigenvalue weighted by Crippen LogP contribution is 2.38. The number of hydrogen-bond acceptors (Lipinski definition) is 5. The Hall–Kier alpha value is -3.80. The second-order valence-corrected chi connectivity index (χ2v) is 7.08. The molecule has 1 aliphatic rings. The third-order valence-electron chi connectivity index (χ3n) is 5.23. The molecule has 2 heterocycles. The smallest absolute Gasteiger partial charge is 0.281 e. The van der Waals surface area contributed by atoms with Crippen molar-refractivity contribution in [3.8, 4) is 5.75 Å². The number of benzene rings is 3. The summed E-state index contributed by atoms with van der Waals surface area (Å²) in [5.41, 5.74) is 7.03. The molecule has 0 spiro atoms. The Balaban J connectivity index is 1.71. The van der Waals surface area contributed by atoms with Gasteiger partial charge in [0.05, 0.1) is 18.0 Å². The number of methoxy groups -OCH3 is 1. The van der Waals surface area contributed by atoms with Crippen LogP contribution in [0.5, 0.6) is 5.75 Å². The Morgan fingerprint density at radius 1 is 0.966 bits per heavy atom. The third-order valence-corrected chi connectivity index (χ3v) is 5.23. The number of aromatic nitrogens is 2. The number of rotatable bonds is 3. The molecule has 4 aromatic rings. The zero-order valence-corrected chi connectivity index (χ0v) is 16.2. The van der Waals surface area contributed by atoms with Crippen molar-refractivity contribution in [3.05, 3.63) is 94.3 Å². The maximum Gasteiger partial charge on any atom is 0.281 e. The number of hydrogen-bond donors (Lipinski definition) is 1. The van der Waals surface area contributed by atoms with Gasteiger partial charge in [-0.15, -0.1) is 0 Å². The van der Waals surface area contributed by atoms with Gasteiger partial charge < -0.3 is 4.74 Å². The Kier molecular flexibility index (Phi) is 3.98. The number of nitrogens with zero attached hydrogens (tertiary/aromatic N) is 3. The summed E-state index contributed by atoms with van der Waals surface area (Å²) in [5.74, 6) is 1.35. The van der Waals surface area contributed by atoms with Gasteiger partial charge in [-0.3, -0.25) is 15.1 Å². The van der Waals surface area contributed by atoms with Crippen molar-refractivity contribution in [2.75, 3.05) is 17.4 Å². The molecule has 5 rings (SSSR count). The van der Waals surface area contributed by atoms with E-state index in [0.29, 0.717) is 16.9 Å². The second kappa shape index (κ2) is 6.67. The molecule has 0 radical (unpaired) electrons. The molecule has 0 fully saturated rings. The van der Waals surface area contributed by atoms with E-state index in [2.05, 4.69) is 29.4 Å². The van der Waals surface area contributed by atoms with Crippen LogP contribution < -0.4 is 20.6 Å². The molecule has 0 bridgehead atoms. The third kappa shape index (κ3) is 2.81. The van der Waals surface area contributed by atoms with Crippen LogP contribution in [0.1, 0.15) is 17.3 Å². The van der Waals surface area contributed by atoms with Gasteiger partial charge in [0.25, 0.3) is 5.56 Å². The minimum absolute atomic E-state index is 0.112. The lowest BCUT2D eigenvalue weighted by Crippen LogP contribution is -2.27. The number of nitrogens with one attached hydrogen (secondary N) is 1. The second-order valence-electron chi connectivity index (χ2n) is 7.08. The van der Waals surface area contributed by atoms with Gasteiger partial charge in [0.1, 0.15) is 11.9 Å². The summed E-state index contributed by atoms with van der Waals surface area (Å²) in [5, 5.41) is 0.586. The highest BCUT2D eigenvalue weighted by atomic mass is 16.5. The largest absolute Gasteiger partial charge is 0.497 e. The molecule has 0 saturated carbocycles. The van der Waals surface area contributed by atoms with E-state index < -0.39 is 0 Å². The zero-order chi connectivity index (χ0) is 20.0. The normalized spacial score (nSPS) is 15.2. The first-order chi connectivity index (χ1) is 14.2. The maximum absolute atomic E-state index is 13.1. The first-order valence-electron chi connectivity index (χ1n) is 9.44. The quantitative estimate of drug-likeness (QED) is 0.576. The lowest BCUT2D eigenvalue weighted by atomic mass is 10.1. The average molecular weight is 384 g/mol. The minimum atomic E-state index is -0.277. The Bertz CT molecular complexity index is 1250. The van der Waals surface area contributed by atoms with Crippen molar-refractivity contribution < 1.29 is 4.74 Å². The lowest BCUT2D eigenvalue weighted by Gasteiger charge is -2.25.